The first-order valence-corrected chi connectivity index (χ1v) is 6.23. The van der Waals surface area contributed by atoms with Crippen molar-refractivity contribution in [2.24, 2.45) is 0 Å². The van der Waals surface area contributed by atoms with Crippen LogP contribution in [0, 0.1) is 12.7 Å². The average molecular weight is 294 g/mol. The average Bonchev–Trinajstić information content (AvgIpc) is 2.37. The molecule has 0 aliphatic carbocycles. The fourth-order valence-electron chi connectivity index (χ4n) is 1.68. The molecule has 0 radical (unpaired) electrons. The molecule has 2 amide bonds. The smallest absolute Gasteiger partial charge is 0.323 e. The first kappa shape index (κ1) is 14.1. The van der Waals surface area contributed by atoms with Crippen molar-refractivity contribution in [2.45, 2.75) is 6.92 Å². The van der Waals surface area contributed by atoms with Gasteiger partial charge in [0.05, 0.1) is 22.1 Å². The number of carbonyl (C=O) groups excluding carboxylic acids is 1. The van der Waals surface area contributed by atoms with Crippen molar-refractivity contribution in [1.82, 2.24) is 0 Å². The SMILES string of the molecule is Cc1ccc(NC(=O)Nc2c(F)cccc2Cl)c(N)c1. The van der Waals surface area contributed by atoms with E-state index in [1.807, 2.05) is 13.0 Å². The van der Waals surface area contributed by atoms with E-state index in [0.29, 0.717) is 11.4 Å². The van der Waals surface area contributed by atoms with E-state index in [1.54, 1.807) is 12.1 Å². The summed E-state index contributed by atoms with van der Waals surface area (Å²) in [7, 11) is 0. The number of halogens is 2. The highest BCUT2D eigenvalue weighted by molar-refractivity contribution is 6.33. The Kier molecular flexibility index (Phi) is 4.10. The Morgan fingerprint density at radius 1 is 1.25 bits per heavy atom. The van der Waals surface area contributed by atoms with Gasteiger partial charge in [-0.25, -0.2) is 9.18 Å². The molecule has 0 atom stereocenters. The van der Waals surface area contributed by atoms with E-state index < -0.39 is 11.8 Å². The lowest BCUT2D eigenvalue weighted by atomic mass is 10.2. The molecule has 0 unspecified atom stereocenters. The highest BCUT2D eigenvalue weighted by Crippen LogP contribution is 2.25. The van der Waals surface area contributed by atoms with Crippen LogP contribution in [0.25, 0.3) is 0 Å². The van der Waals surface area contributed by atoms with E-state index in [0.717, 1.165) is 5.56 Å². The largest absolute Gasteiger partial charge is 0.397 e. The summed E-state index contributed by atoms with van der Waals surface area (Å²) in [4.78, 5) is 11.8. The van der Waals surface area contributed by atoms with Gasteiger partial charge in [0.25, 0.3) is 0 Å². The molecule has 0 aromatic heterocycles. The van der Waals surface area contributed by atoms with Gasteiger partial charge in [-0.1, -0.05) is 23.7 Å². The summed E-state index contributed by atoms with van der Waals surface area (Å²) < 4.78 is 13.5. The molecule has 2 aromatic rings. The highest BCUT2D eigenvalue weighted by Gasteiger charge is 2.11. The predicted octanol–water partition coefficient (Wildman–Crippen LogP) is 4.01. The number of benzene rings is 2. The quantitative estimate of drug-likeness (QED) is 0.732. The first-order chi connectivity index (χ1) is 9.47. The second kappa shape index (κ2) is 5.79. The standard InChI is InChI=1S/C14H13ClFN3O/c1-8-5-6-12(11(17)7-8)18-14(20)19-13-9(15)3-2-4-10(13)16/h2-7H,17H2,1H3,(H2,18,19,20). The summed E-state index contributed by atoms with van der Waals surface area (Å²) in [5, 5.41) is 5.02. The molecule has 4 N–H and O–H groups in total. The number of amides is 2. The van der Waals surface area contributed by atoms with Crippen molar-refractivity contribution in [1.29, 1.82) is 0 Å². The zero-order valence-electron chi connectivity index (χ0n) is 10.7. The Labute approximate surface area is 120 Å². The van der Waals surface area contributed by atoms with Gasteiger partial charge < -0.3 is 16.4 Å². The number of carbonyl (C=O) groups is 1. The van der Waals surface area contributed by atoms with Gasteiger partial charge in [-0.3, -0.25) is 0 Å². The van der Waals surface area contributed by atoms with Gasteiger partial charge >= 0.3 is 6.03 Å². The molecule has 0 aliphatic rings. The van der Waals surface area contributed by atoms with E-state index >= 15 is 0 Å². The number of urea groups is 1. The molecule has 20 heavy (non-hydrogen) atoms. The molecule has 0 spiro atoms. The van der Waals surface area contributed by atoms with Gasteiger partial charge in [-0.05, 0) is 36.8 Å². The molecule has 0 aliphatic heterocycles. The minimum atomic E-state index is -0.618. The monoisotopic (exact) mass is 293 g/mol. The molecule has 2 rings (SSSR count). The third kappa shape index (κ3) is 3.19. The molecule has 0 heterocycles. The molecule has 4 nitrogen and oxygen atoms in total. The summed E-state index contributed by atoms with van der Waals surface area (Å²) in [5.74, 6) is -0.607. The molecule has 6 heteroatoms. The lowest BCUT2D eigenvalue weighted by Crippen LogP contribution is -2.21. The Morgan fingerprint density at radius 3 is 2.65 bits per heavy atom. The molecule has 0 fully saturated rings. The molecular weight excluding hydrogens is 281 g/mol. The zero-order chi connectivity index (χ0) is 14.7. The Morgan fingerprint density at radius 2 is 2.00 bits per heavy atom. The van der Waals surface area contributed by atoms with E-state index in [9.17, 15) is 9.18 Å². The number of hydrogen-bond acceptors (Lipinski definition) is 2. The number of nitrogens with two attached hydrogens (primary N) is 1. The number of para-hydroxylation sites is 1. The maximum absolute atomic E-state index is 13.5. The summed E-state index contributed by atoms with van der Waals surface area (Å²) in [6, 6.07) is 8.74. The number of aryl methyl sites for hydroxylation is 1. The normalized spacial score (nSPS) is 10.2. The van der Waals surface area contributed by atoms with Crippen LogP contribution in [-0.2, 0) is 0 Å². The van der Waals surface area contributed by atoms with E-state index in [1.165, 1.54) is 18.2 Å². The van der Waals surface area contributed by atoms with Crippen LogP contribution < -0.4 is 16.4 Å². The minimum Gasteiger partial charge on any atom is -0.397 e. The Balaban J connectivity index is 2.13. The summed E-state index contributed by atoms with van der Waals surface area (Å²) >= 11 is 5.82. The number of hydrogen-bond donors (Lipinski definition) is 3. The van der Waals surface area contributed by atoms with Crippen molar-refractivity contribution in [2.75, 3.05) is 16.4 Å². The van der Waals surface area contributed by atoms with Gasteiger partial charge in [-0.2, -0.15) is 0 Å². The van der Waals surface area contributed by atoms with Crippen LogP contribution in [0.4, 0.5) is 26.2 Å². The number of nitrogens with one attached hydrogen (secondary N) is 2. The predicted molar refractivity (Wildman–Crippen MR) is 79.6 cm³/mol. The summed E-state index contributed by atoms with van der Waals surface area (Å²) in [6.45, 7) is 1.89. The van der Waals surface area contributed by atoms with Crippen molar-refractivity contribution >= 4 is 34.7 Å². The fourth-order valence-corrected chi connectivity index (χ4v) is 1.89. The van der Waals surface area contributed by atoms with Crippen molar-refractivity contribution in [3.05, 3.63) is 52.8 Å². The molecule has 0 saturated heterocycles. The van der Waals surface area contributed by atoms with Gasteiger partial charge in [0.15, 0.2) is 0 Å². The van der Waals surface area contributed by atoms with Crippen molar-refractivity contribution in [3.8, 4) is 0 Å². The van der Waals surface area contributed by atoms with Crippen LogP contribution in [0.15, 0.2) is 36.4 Å². The zero-order valence-corrected chi connectivity index (χ0v) is 11.5. The topological polar surface area (TPSA) is 67.2 Å². The summed E-state index contributed by atoms with van der Waals surface area (Å²) in [5.41, 5.74) is 7.56. The molecule has 0 bridgehead atoms. The lowest BCUT2D eigenvalue weighted by Gasteiger charge is -2.11. The number of rotatable bonds is 2. The van der Waals surface area contributed by atoms with Gasteiger partial charge in [0.2, 0.25) is 0 Å². The number of anilines is 3. The third-order valence-electron chi connectivity index (χ3n) is 2.66. The lowest BCUT2D eigenvalue weighted by molar-refractivity contribution is 0.262. The second-order valence-electron chi connectivity index (χ2n) is 4.27. The van der Waals surface area contributed by atoms with Crippen molar-refractivity contribution < 1.29 is 9.18 Å². The van der Waals surface area contributed by atoms with Crippen LogP contribution in [0.5, 0.6) is 0 Å². The Hall–Kier alpha value is -2.27. The van der Waals surface area contributed by atoms with Gasteiger partial charge in [-0.15, -0.1) is 0 Å². The molecular formula is C14H13ClFN3O. The van der Waals surface area contributed by atoms with E-state index in [4.69, 9.17) is 17.3 Å². The third-order valence-corrected chi connectivity index (χ3v) is 2.97. The highest BCUT2D eigenvalue weighted by atomic mass is 35.5. The molecule has 104 valence electrons. The van der Waals surface area contributed by atoms with Crippen LogP contribution >= 0.6 is 11.6 Å². The second-order valence-corrected chi connectivity index (χ2v) is 4.67. The minimum absolute atomic E-state index is 0.0719. The molecule has 0 saturated carbocycles. The van der Waals surface area contributed by atoms with Crippen LogP contribution in [0.2, 0.25) is 5.02 Å². The van der Waals surface area contributed by atoms with Crippen molar-refractivity contribution in [3.63, 3.8) is 0 Å². The fraction of sp³-hybridized carbons (Fsp3) is 0.0714. The number of nitrogen functional groups attached to an aromatic ring is 1. The maximum atomic E-state index is 13.5. The van der Waals surface area contributed by atoms with Crippen LogP contribution in [0.3, 0.4) is 0 Å². The van der Waals surface area contributed by atoms with E-state index in [-0.39, 0.29) is 10.7 Å². The maximum Gasteiger partial charge on any atom is 0.323 e. The van der Waals surface area contributed by atoms with Gasteiger partial charge in [0, 0.05) is 0 Å². The Bertz CT molecular complexity index is 641. The summed E-state index contributed by atoms with van der Waals surface area (Å²) in [6.07, 6.45) is 0. The van der Waals surface area contributed by atoms with Crippen LogP contribution in [0.1, 0.15) is 5.56 Å². The molecule has 2 aromatic carbocycles. The van der Waals surface area contributed by atoms with Crippen LogP contribution in [-0.4, -0.2) is 6.03 Å². The van der Waals surface area contributed by atoms with Gasteiger partial charge in [0.1, 0.15) is 5.82 Å². The van der Waals surface area contributed by atoms with E-state index in [2.05, 4.69) is 10.6 Å². The first-order valence-electron chi connectivity index (χ1n) is 5.85.